The highest BCUT2D eigenvalue weighted by atomic mass is 16.5. The quantitative estimate of drug-likeness (QED) is 0.590. The van der Waals surface area contributed by atoms with Crippen LogP contribution in [-0.2, 0) is 4.74 Å². The molecule has 4 aliphatic rings. The van der Waals surface area contributed by atoms with Crippen LogP contribution in [0, 0.1) is 11.8 Å². The van der Waals surface area contributed by atoms with Crippen molar-refractivity contribution in [3.8, 4) is 0 Å². The zero-order valence-electron chi connectivity index (χ0n) is 7.18. The second kappa shape index (κ2) is 1.82. The maximum Gasteiger partial charge on any atom is 0.0743 e. The SMILES string of the molecule is CCCC1CC2CC13CC2O3. The lowest BCUT2D eigenvalue weighted by molar-refractivity contribution is -0.210. The van der Waals surface area contributed by atoms with Crippen molar-refractivity contribution < 1.29 is 4.74 Å². The van der Waals surface area contributed by atoms with Crippen LogP contribution in [0.25, 0.3) is 0 Å². The lowest BCUT2D eigenvalue weighted by Crippen LogP contribution is -2.51. The van der Waals surface area contributed by atoms with Crippen molar-refractivity contribution in [2.45, 2.75) is 50.7 Å². The van der Waals surface area contributed by atoms with Crippen LogP contribution in [0.3, 0.4) is 0 Å². The summed E-state index contributed by atoms with van der Waals surface area (Å²) in [5.41, 5.74) is 0.422. The van der Waals surface area contributed by atoms with Gasteiger partial charge in [0.2, 0.25) is 0 Å². The highest BCUT2D eigenvalue weighted by Gasteiger charge is 2.66. The molecule has 1 spiro atoms. The Morgan fingerprint density at radius 1 is 1.45 bits per heavy atom. The first-order chi connectivity index (χ1) is 5.34. The van der Waals surface area contributed by atoms with Crippen molar-refractivity contribution in [3.63, 3.8) is 0 Å². The maximum absolute atomic E-state index is 5.90. The third-order valence-electron chi connectivity index (χ3n) is 4.03. The fraction of sp³-hybridized carbons (Fsp3) is 1.00. The summed E-state index contributed by atoms with van der Waals surface area (Å²) in [6.07, 6.45) is 7.74. The molecular weight excluding hydrogens is 136 g/mol. The van der Waals surface area contributed by atoms with Gasteiger partial charge in [-0.15, -0.1) is 0 Å². The molecule has 4 atom stereocenters. The predicted octanol–water partition coefficient (Wildman–Crippen LogP) is 2.35. The van der Waals surface area contributed by atoms with Gasteiger partial charge in [-0.05, 0) is 31.1 Å². The van der Waals surface area contributed by atoms with E-state index in [2.05, 4.69) is 6.92 Å². The van der Waals surface area contributed by atoms with Crippen LogP contribution >= 0.6 is 0 Å². The zero-order valence-corrected chi connectivity index (χ0v) is 7.18. The summed E-state index contributed by atoms with van der Waals surface area (Å²) in [6.45, 7) is 2.29. The first-order valence-corrected chi connectivity index (χ1v) is 5.02. The van der Waals surface area contributed by atoms with E-state index in [1.807, 2.05) is 0 Å². The van der Waals surface area contributed by atoms with Gasteiger partial charge < -0.3 is 4.74 Å². The van der Waals surface area contributed by atoms with Gasteiger partial charge in [-0.2, -0.15) is 0 Å². The highest BCUT2D eigenvalue weighted by molar-refractivity contribution is 5.15. The van der Waals surface area contributed by atoms with Gasteiger partial charge in [0.25, 0.3) is 0 Å². The zero-order chi connectivity index (χ0) is 7.47. The van der Waals surface area contributed by atoms with Crippen molar-refractivity contribution in [3.05, 3.63) is 0 Å². The summed E-state index contributed by atoms with van der Waals surface area (Å²) in [6, 6.07) is 0. The van der Waals surface area contributed by atoms with E-state index in [-0.39, 0.29) is 0 Å². The van der Waals surface area contributed by atoms with Gasteiger partial charge in [-0.1, -0.05) is 13.3 Å². The molecule has 4 unspecified atom stereocenters. The molecule has 2 aliphatic carbocycles. The van der Waals surface area contributed by atoms with E-state index in [0.717, 1.165) is 11.8 Å². The molecule has 2 aliphatic heterocycles. The number of hydrogen-bond acceptors (Lipinski definition) is 1. The average molecular weight is 152 g/mol. The van der Waals surface area contributed by atoms with Gasteiger partial charge in [0, 0.05) is 6.42 Å². The van der Waals surface area contributed by atoms with E-state index in [4.69, 9.17) is 4.74 Å². The van der Waals surface area contributed by atoms with Crippen LogP contribution in [0.15, 0.2) is 0 Å². The Morgan fingerprint density at radius 2 is 2.27 bits per heavy atom. The van der Waals surface area contributed by atoms with Gasteiger partial charge in [-0.3, -0.25) is 0 Å². The molecule has 2 saturated carbocycles. The third-order valence-corrected chi connectivity index (χ3v) is 4.03. The summed E-state index contributed by atoms with van der Waals surface area (Å²) in [5.74, 6) is 1.90. The third kappa shape index (κ3) is 0.618. The molecule has 4 rings (SSSR count). The largest absolute Gasteiger partial charge is 0.371 e. The Balaban J connectivity index is 1.80. The van der Waals surface area contributed by atoms with E-state index >= 15 is 0 Å². The molecule has 2 saturated heterocycles. The van der Waals surface area contributed by atoms with Crippen LogP contribution in [0.4, 0.5) is 0 Å². The van der Waals surface area contributed by atoms with Crippen molar-refractivity contribution in [2.24, 2.45) is 11.8 Å². The lowest BCUT2D eigenvalue weighted by atomic mass is 9.77. The molecule has 1 nitrogen and oxygen atoms in total. The molecule has 0 aromatic heterocycles. The summed E-state index contributed by atoms with van der Waals surface area (Å²) in [4.78, 5) is 0. The van der Waals surface area contributed by atoms with Crippen LogP contribution in [0.1, 0.15) is 39.0 Å². The van der Waals surface area contributed by atoms with Crippen molar-refractivity contribution >= 4 is 0 Å². The standard InChI is InChI=1S/C10H16O/c1-2-3-8-4-7-5-10(8)6-9(7)11-10/h7-9H,2-6H2,1H3. The molecule has 1 heteroatoms. The number of rotatable bonds is 2. The molecular formula is C10H16O. The molecule has 3 bridgehead atoms. The molecule has 11 heavy (non-hydrogen) atoms. The first kappa shape index (κ1) is 6.47. The Labute approximate surface area is 68.1 Å². The van der Waals surface area contributed by atoms with E-state index in [1.165, 1.54) is 32.1 Å². The normalized spacial score (nSPS) is 58.1. The Bertz CT molecular complexity index is 181. The van der Waals surface area contributed by atoms with Crippen LogP contribution < -0.4 is 0 Å². The van der Waals surface area contributed by atoms with E-state index in [1.54, 1.807) is 0 Å². The highest BCUT2D eigenvalue weighted by Crippen LogP contribution is 2.64. The minimum absolute atomic E-state index is 0.422. The molecule has 0 amide bonds. The Hall–Kier alpha value is -0.0400. The number of hydrogen-bond donors (Lipinski definition) is 0. The molecule has 0 aromatic carbocycles. The predicted molar refractivity (Wildman–Crippen MR) is 43.3 cm³/mol. The second-order valence-corrected chi connectivity index (χ2v) is 4.61. The maximum atomic E-state index is 5.90. The first-order valence-electron chi connectivity index (χ1n) is 5.02. The van der Waals surface area contributed by atoms with Crippen LogP contribution in [0.2, 0.25) is 0 Å². The number of ether oxygens (including phenoxy) is 1. The van der Waals surface area contributed by atoms with Gasteiger partial charge in [-0.25, -0.2) is 0 Å². The molecule has 0 N–H and O–H groups in total. The Morgan fingerprint density at radius 3 is 2.73 bits per heavy atom. The minimum atomic E-state index is 0.422. The summed E-state index contributed by atoms with van der Waals surface area (Å²) >= 11 is 0. The Kier molecular flexibility index (Phi) is 1.07. The van der Waals surface area contributed by atoms with Crippen molar-refractivity contribution in [1.82, 2.24) is 0 Å². The van der Waals surface area contributed by atoms with Gasteiger partial charge in [0.05, 0.1) is 11.7 Å². The van der Waals surface area contributed by atoms with Crippen LogP contribution in [-0.4, -0.2) is 11.7 Å². The van der Waals surface area contributed by atoms with E-state index in [0.29, 0.717) is 11.7 Å². The second-order valence-electron chi connectivity index (χ2n) is 4.61. The summed E-state index contributed by atoms with van der Waals surface area (Å²) < 4.78 is 5.90. The molecule has 0 aromatic rings. The van der Waals surface area contributed by atoms with Crippen molar-refractivity contribution in [1.29, 1.82) is 0 Å². The van der Waals surface area contributed by atoms with Gasteiger partial charge >= 0.3 is 0 Å². The van der Waals surface area contributed by atoms with Gasteiger partial charge in [0.1, 0.15) is 0 Å². The fourth-order valence-electron chi connectivity index (χ4n) is 3.58. The van der Waals surface area contributed by atoms with Crippen LogP contribution in [0.5, 0.6) is 0 Å². The topological polar surface area (TPSA) is 9.23 Å². The molecule has 0 radical (unpaired) electrons. The monoisotopic (exact) mass is 152 g/mol. The smallest absolute Gasteiger partial charge is 0.0743 e. The molecule has 2 heterocycles. The minimum Gasteiger partial charge on any atom is -0.371 e. The molecule has 62 valence electrons. The van der Waals surface area contributed by atoms with E-state index in [9.17, 15) is 0 Å². The summed E-state index contributed by atoms with van der Waals surface area (Å²) in [7, 11) is 0. The molecule has 4 fully saturated rings. The fourth-order valence-corrected chi connectivity index (χ4v) is 3.58. The average Bonchev–Trinajstić information content (AvgIpc) is 2.47. The van der Waals surface area contributed by atoms with Crippen molar-refractivity contribution in [2.75, 3.05) is 0 Å². The lowest BCUT2D eigenvalue weighted by Gasteiger charge is -2.48. The van der Waals surface area contributed by atoms with Gasteiger partial charge in [0.15, 0.2) is 0 Å². The summed E-state index contributed by atoms with van der Waals surface area (Å²) in [5, 5.41) is 0. The van der Waals surface area contributed by atoms with E-state index < -0.39 is 0 Å².